The first-order valence-corrected chi connectivity index (χ1v) is 6.86. The Morgan fingerprint density at radius 3 is 2.89 bits per heavy atom. The number of anilines is 2. The summed E-state index contributed by atoms with van der Waals surface area (Å²) in [4.78, 5) is 14.6. The van der Waals surface area contributed by atoms with Crippen molar-refractivity contribution in [3.63, 3.8) is 0 Å². The molecule has 0 amide bonds. The van der Waals surface area contributed by atoms with Crippen molar-refractivity contribution in [1.82, 2.24) is 4.98 Å². The lowest BCUT2D eigenvalue weighted by molar-refractivity contribution is -0.140. The zero-order valence-electron chi connectivity index (χ0n) is 9.92. The molecule has 18 heavy (non-hydrogen) atoms. The number of esters is 1. The Morgan fingerprint density at radius 2 is 2.28 bits per heavy atom. The summed E-state index contributed by atoms with van der Waals surface area (Å²) in [6.45, 7) is 0. The van der Waals surface area contributed by atoms with E-state index in [4.69, 9.17) is 5.73 Å². The Bertz CT molecular complexity index is 516. The van der Waals surface area contributed by atoms with Crippen molar-refractivity contribution in [2.75, 3.05) is 23.3 Å². The van der Waals surface area contributed by atoms with Crippen LogP contribution in [0.3, 0.4) is 0 Å². The Kier molecular flexibility index (Phi) is 4.90. The number of pyridine rings is 1. The highest BCUT2D eigenvalue weighted by Crippen LogP contribution is 2.17. The smallest absolute Gasteiger partial charge is 0.305 e. The van der Waals surface area contributed by atoms with Crippen LogP contribution in [0.1, 0.15) is 12.8 Å². The van der Waals surface area contributed by atoms with Gasteiger partial charge in [0.05, 0.1) is 30.4 Å². The minimum atomic E-state index is -3.53. The minimum Gasteiger partial charge on any atom is -0.469 e. The summed E-state index contributed by atoms with van der Waals surface area (Å²) in [6, 6.07) is 1.47. The van der Waals surface area contributed by atoms with Crippen LogP contribution in [0, 0.1) is 0 Å². The average molecular weight is 273 g/mol. The van der Waals surface area contributed by atoms with E-state index >= 15 is 0 Å². The highest BCUT2D eigenvalue weighted by atomic mass is 32.2. The number of rotatable bonds is 6. The third kappa shape index (κ3) is 4.58. The number of nitrogens with one attached hydrogen (secondary N) is 1. The van der Waals surface area contributed by atoms with Crippen LogP contribution in [-0.4, -0.2) is 32.2 Å². The van der Waals surface area contributed by atoms with E-state index < -0.39 is 16.0 Å². The Labute approximate surface area is 105 Å². The molecule has 0 saturated carbocycles. The molecule has 7 nitrogen and oxygen atoms in total. The largest absolute Gasteiger partial charge is 0.469 e. The van der Waals surface area contributed by atoms with E-state index in [0.717, 1.165) is 0 Å². The molecule has 0 atom stereocenters. The monoisotopic (exact) mass is 273 g/mol. The molecule has 0 spiro atoms. The van der Waals surface area contributed by atoms with Crippen molar-refractivity contribution in [2.45, 2.75) is 12.8 Å². The number of nitrogens with zero attached hydrogens (tertiary/aromatic N) is 1. The molecular weight excluding hydrogens is 258 g/mol. The number of nitrogen functional groups attached to an aromatic ring is 1. The minimum absolute atomic E-state index is 0.0588. The van der Waals surface area contributed by atoms with Crippen LogP contribution in [-0.2, 0) is 19.6 Å². The number of carbonyl (C=O) groups excluding carboxylic acids is 1. The lowest BCUT2D eigenvalue weighted by Crippen LogP contribution is -2.18. The van der Waals surface area contributed by atoms with Crippen molar-refractivity contribution in [3.8, 4) is 0 Å². The maximum atomic E-state index is 11.7. The predicted molar refractivity (Wildman–Crippen MR) is 67.3 cm³/mol. The molecule has 1 rings (SSSR count). The number of ether oxygens (including phenoxy) is 1. The Balaban J connectivity index is 2.55. The molecule has 0 aliphatic carbocycles. The molecule has 1 aromatic rings. The number of aromatic nitrogens is 1. The molecule has 0 unspecified atom stereocenters. The van der Waals surface area contributed by atoms with Gasteiger partial charge in [0.15, 0.2) is 0 Å². The lowest BCUT2D eigenvalue weighted by Gasteiger charge is -2.09. The molecule has 0 aromatic carbocycles. The van der Waals surface area contributed by atoms with Crippen LogP contribution < -0.4 is 10.5 Å². The van der Waals surface area contributed by atoms with Crippen LogP contribution in [0.5, 0.6) is 0 Å². The molecule has 0 saturated heterocycles. The zero-order valence-corrected chi connectivity index (χ0v) is 10.7. The summed E-state index contributed by atoms with van der Waals surface area (Å²) < 4.78 is 30.1. The van der Waals surface area contributed by atoms with Gasteiger partial charge in [0.25, 0.3) is 0 Å². The normalized spacial score (nSPS) is 10.9. The quantitative estimate of drug-likeness (QED) is 0.724. The van der Waals surface area contributed by atoms with E-state index in [9.17, 15) is 13.2 Å². The molecule has 0 aliphatic heterocycles. The van der Waals surface area contributed by atoms with Crippen molar-refractivity contribution >= 4 is 27.4 Å². The average Bonchev–Trinajstić information content (AvgIpc) is 2.31. The first kappa shape index (κ1) is 14.2. The van der Waals surface area contributed by atoms with E-state index in [2.05, 4.69) is 14.4 Å². The number of sulfonamides is 1. The summed E-state index contributed by atoms with van der Waals surface area (Å²) in [7, 11) is -2.27. The van der Waals surface area contributed by atoms with Gasteiger partial charge in [0, 0.05) is 12.6 Å². The summed E-state index contributed by atoms with van der Waals surface area (Å²) in [5.74, 6) is -0.613. The molecule has 1 aromatic heterocycles. The standard InChI is InChI=1S/C10H15N3O4S/c1-17-10(14)3-2-6-18(15,16)13-9-4-5-12-7-8(9)11/h4-5,7H,2-3,6,11H2,1H3,(H,12,13). The highest BCUT2D eigenvalue weighted by molar-refractivity contribution is 7.92. The molecule has 1 heterocycles. The highest BCUT2D eigenvalue weighted by Gasteiger charge is 2.13. The van der Waals surface area contributed by atoms with Crippen LogP contribution in [0.2, 0.25) is 0 Å². The van der Waals surface area contributed by atoms with Crippen molar-refractivity contribution in [3.05, 3.63) is 18.5 Å². The second-order valence-electron chi connectivity index (χ2n) is 3.56. The fourth-order valence-electron chi connectivity index (χ4n) is 1.23. The van der Waals surface area contributed by atoms with Gasteiger partial charge in [0.1, 0.15) is 0 Å². The first-order chi connectivity index (χ1) is 8.44. The van der Waals surface area contributed by atoms with Crippen LogP contribution in [0.4, 0.5) is 11.4 Å². The van der Waals surface area contributed by atoms with Gasteiger partial charge in [-0.2, -0.15) is 0 Å². The van der Waals surface area contributed by atoms with Gasteiger partial charge in [-0.1, -0.05) is 0 Å². The molecular formula is C10H15N3O4S. The number of methoxy groups -OCH3 is 1. The fraction of sp³-hybridized carbons (Fsp3) is 0.400. The molecule has 3 N–H and O–H groups in total. The van der Waals surface area contributed by atoms with Gasteiger partial charge in [-0.3, -0.25) is 14.5 Å². The molecule has 0 bridgehead atoms. The van der Waals surface area contributed by atoms with Crippen molar-refractivity contribution < 1.29 is 17.9 Å². The van der Waals surface area contributed by atoms with Crippen molar-refractivity contribution in [1.29, 1.82) is 0 Å². The van der Waals surface area contributed by atoms with Crippen LogP contribution in [0.25, 0.3) is 0 Å². The van der Waals surface area contributed by atoms with E-state index in [1.165, 1.54) is 25.6 Å². The second-order valence-corrected chi connectivity index (χ2v) is 5.41. The molecule has 8 heteroatoms. The van der Waals surface area contributed by atoms with Crippen molar-refractivity contribution in [2.24, 2.45) is 0 Å². The number of carbonyl (C=O) groups is 1. The summed E-state index contributed by atoms with van der Waals surface area (Å²) in [5.41, 5.74) is 6.09. The Morgan fingerprint density at radius 1 is 1.56 bits per heavy atom. The SMILES string of the molecule is COC(=O)CCCS(=O)(=O)Nc1ccncc1N. The topological polar surface area (TPSA) is 111 Å². The molecule has 100 valence electrons. The van der Waals surface area contributed by atoms with E-state index in [1.54, 1.807) is 0 Å². The van der Waals surface area contributed by atoms with Crippen LogP contribution in [0.15, 0.2) is 18.5 Å². The van der Waals surface area contributed by atoms with Gasteiger partial charge in [-0.15, -0.1) is 0 Å². The van der Waals surface area contributed by atoms with Crippen LogP contribution >= 0.6 is 0 Å². The molecule has 0 radical (unpaired) electrons. The van der Waals surface area contributed by atoms with Gasteiger partial charge < -0.3 is 10.5 Å². The molecule has 0 aliphatic rings. The number of hydrogen-bond donors (Lipinski definition) is 2. The third-order valence-corrected chi connectivity index (χ3v) is 3.50. The number of nitrogens with two attached hydrogens (primary N) is 1. The van der Waals surface area contributed by atoms with Gasteiger partial charge in [-0.25, -0.2) is 8.42 Å². The van der Waals surface area contributed by atoms with Gasteiger partial charge >= 0.3 is 5.97 Å². The third-order valence-electron chi connectivity index (χ3n) is 2.14. The Hall–Kier alpha value is -1.83. The van der Waals surface area contributed by atoms with E-state index in [0.29, 0.717) is 0 Å². The summed E-state index contributed by atoms with van der Waals surface area (Å²) in [5, 5.41) is 0. The summed E-state index contributed by atoms with van der Waals surface area (Å²) in [6.07, 6.45) is 3.03. The van der Waals surface area contributed by atoms with Gasteiger partial charge in [0.2, 0.25) is 10.0 Å². The van der Waals surface area contributed by atoms with Gasteiger partial charge in [-0.05, 0) is 12.5 Å². The van der Waals surface area contributed by atoms with E-state index in [-0.39, 0.29) is 30.0 Å². The number of hydrogen-bond acceptors (Lipinski definition) is 6. The lowest BCUT2D eigenvalue weighted by atomic mass is 10.3. The van der Waals surface area contributed by atoms with E-state index in [1.807, 2.05) is 0 Å². The zero-order chi connectivity index (χ0) is 13.6. The maximum absolute atomic E-state index is 11.7. The maximum Gasteiger partial charge on any atom is 0.305 e. The fourth-order valence-corrected chi connectivity index (χ4v) is 2.37. The second kappa shape index (κ2) is 6.20. The molecule has 0 fully saturated rings. The summed E-state index contributed by atoms with van der Waals surface area (Å²) >= 11 is 0. The predicted octanol–water partition coefficient (Wildman–Crippen LogP) is 0.359. The first-order valence-electron chi connectivity index (χ1n) is 5.21.